The summed E-state index contributed by atoms with van der Waals surface area (Å²) < 4.78 is 37.1. The third-order valence-corrected chi connectivity index (χ3v) is 27.8. The fourth-order valence-electron chi connectivity index (χ4n) is 17.7. The molecule has 0 bridgehead atoms. The highest BCUT2D eigenvalue weighted by atomic mass is 79.9. The van der Waals surface area contributed by atoms with E-state index in [1.807, 2.05) is 67.3 Å². The highest BCUT2D eigenvalue weighted by Crippen LogP contribution is 2.41. The summed E-state index contributed by atoms with van der Waals surface area (Å²) in [6.45, 7) is 45.9. The van der Waals surface area contributed by atoms with Gasteiger partial charge in [-0.3, -0.25) is 9.97 Å². The number of anilines is 6. The lowest BCUT2D eigenvalue weighted by atomic mass is 9.86. The Balaban J connectivity index is 0.000000149. The molecule has 25 heteroatoms. The Bertz CT molecular complexity index is 4280. The number of carbonyl (C=O) groups is 1. The first-order valence-corrected chi connectivity index (χ1v) is 47.2. The van der Waals surface area contributed by atoms with E-state index in [0.717, 1.165) is 225 Å². The number of hydrogen-bond donors (Lipinski definition) is 1. The van der Waals surface area contributed by atoms with Crippen LogP contribution >= 0.6 is 27.3 Å². The largest absolute Gasteiger partial charge is 0.507 e. The van der Waals surface area contributed by atoms with Gasteiger partial charge in [-0.15, -0.1) is 21.5 Å². The molecular weight excluding hydrogens is 1610 g/mol. The number of hydrogen-bond acceptors (Lipinski definition) is 21. The lowest BCUT2D eigenvalue weighted by molar-refractivity contribution is 0.102. The molecule has 1 amide bonds. The molecule has 2 aromatic carbocycles. The van der Waals surface area contributed by atoms with Crippen molar-refractivity contribution in [3.63, 3.8) is 0 Å². The summed E-state index contributed by atoms with van der Waals surface area (Å²) in [4.78, 5) is 62.5. The Kier molecular flexibility index (Phi) is 37.8. The molecule has 1 atom stereocenters. The number of thiophene rings is 1. The van der Waals surface area contributed by atoms with Crippen LogP contribution in [-0.2, 0) is 4.74 Å². The Hall–Kier alpha value is -8.19. The topological polar surface area (TPSA) is 207 Å². The predicted octanol–water partition coefficient (Wildman–Crippen LogP) is 21.7. The number of rotatable bonds is 18. The van der Waals surface area contributed by atoms with Crippen LogP contribution in [0.2, 0.25) is 0 Å². The minimum atomic E-state index is -0.604. The average Bonchev–Trinajstić information content (AvgIpc) is 1.74. The minimum Gasteiger partial charge on any atom is -0.507 e. The molecule has 8 aromatic rings. The molecule has 0 radical (unpaired) electrons. The second-order valence-electron chi connectivity index (χ2n) is 36.7. The zero-order chi connectivity index (χ0) is 86.5. The van der Waals surface area contributed by atoms with Crippen LogP contribution in [-0.4, -0.2) is 178 Å². The highest BCUT2D eigenvalue weighted by molar-refractivity contribution is 9.10. The maximum atomic E-state index is 13.6. The van der Waals surface area contributed by atoms with Crippen LogP contribution in [0.15, 0.2) is 120 Å². The number of phenols is 1. The van der Waals surface area contributed by atoms with E-state index in [2.05, 4.69) is 194 Å². The van der Waals surface area contributed by atoms with Gasteiger partial charge in [0.2, 0.25) is 5.88 Å². The van der Waals surface area contributed by atoms with Gasteiger partial charge in [-0.1, -0.05) is 121 Å². The Morgan fingerprint density at radius 2 is 0.950 bits per heavy atom. The molecule has 121 heavy (non-hydrogen) atoms. The standard InChI is InChI=1S/C18H23N3O.C15H23N3.C14H20FN.C14H19N3S.C13H21N3O.C12H18BrN3.C10H18FNO2/c1-13(2)14-7-9-21(10-8-14)18-12-19-11-16(20-18)15-5-3-4-6-17(15)22;1-11(2)12-5-7-18(8-6-12)15-10-16-9-14(17-15)13-3-4-13;1-11(2)12-7-9-16(10-8-12)14-6-4-3-5-13(14)15;1-10(2)11-3-6-17(7-4-11)14-13-12(5-8-18-13)15-9-16-14;1-10(2)11-6-8-16(9-7-11)12-4-5-13(17-3)15-14-12;1-9(2)10-3-5-16(6-4-10)12-8-14-11(13)7-15-12;1-8(2)9-3-5-12(7-9)10(13)14-6-4-11/h3-6,11-14,22H,7-10H2,1-2H3;9-13H,3-8H2,1-2H3;3-6,11-12H,7-10H2,1-2H3;5,8-11H,3-4,6-7H2,1-2H3;4-5,10-11H,6-9H2,1-3H3;7-10H,3-6H2,1-2H3;8-9H,3-7H2,1-2H3. The molecule has 8 fully saturated rings. The van der Waals surface area contributed by atoms with Gasteiger partial charge in [0.1, 0.15) is 59.1 Å². The summed E-state index contributed by atoms with van der Waals surface area (Å²) in [7, 11) is 1.61. The monoisotopic (exact) mass is 1750 g/mol. The number of fused-ring (bicyclic) bond motifs is 1. The SMILES string of the molecule is CC(C)C1CCN(C(=O)OCCF)C1.CC(C)C1CCN(c2ccccc2F)CC1.CC(C)C1CCN(c2cnc(Br)cn2)CC1.CC(C)C1CCN(c2cncc(-c3ccccc3O)n2)CC1.CC(C)C1CCN(c2cncc(C3CC3)n2)CC1.CC(C)C1CCN(c2ncnc3ccsc23)CC1.COc1ccc(N2CCC(C(C)C)CC2)nn1. The Labute approximate surface area is 735 Å². The van der Waals surface area contributed by atoms with Crippen LogP contribution in [0.25, 0.3) is 21.5 Å². The van der Waals surface area contributed by atoms with Crippen LogP contribution < -0.4 is 34.1 Å². The van der Waals surface area contributed by atoms with E-state index in [4.69, 9.17) is 19.4 Å². The third-order valence-electron chi connectivity index (χ3n) is 26.5. The lowest BCUT2D eigenvalue weighted by Crippen LogP contribution is -2.35. The number of para-hydroxylation sites is 2. The van der Waals surface area contributed by atoms with E-state index in [-0.39, 0.29) is 24.3 Å². The first kappa shape index (κ1) is 95.0. The number of piperidine rings is 6. The van der Waals surface area contributed by atoms with Crippen molar-refractivity contribution >= 4 is 78.4 Å². The zero-order valence-corrected chi connectivity index (χ0v) is 77.8. The number of ether oxygens (including phenoxy) is 2. The van der Waals surface area contributed by atoms with Crippen molar-refractivity contribution in [2.45, 2.75) is 199 Å². The smallest absolute Gasteiger partial charge is 0.409 e. The molecular formula is C96H142BrF2N17O4S. The van der Waals surface area contributed by atoms with Gasteiger partial charge in [0.15, 0.2) is 5.82 Å². The molecule has 7 aliphatic heterocycles. The first-order chi connectivity index (χ1) is 58.3. The molecule has 1 saturated carbocycles. The first-order valence-electron chi connectivity index (χ1n) is 45.5. The number of carbonyl (C=O) groups excluding carboxylic acids is 1. The summed E-state index contributed by atoms with van der Waals surface area (Å²) in [5.74, 6) is 17.5. The van der Waals surface area contributed by atoms with Crippen LogP contribution in [0.1, 0.15) is 205 Å². The van der Waals surface area contributed by atoms with E-state index in [0.29, 0.717) is 23.6 Å². The molecule has 21 nitrogen and oxygen atoms in total. The predicted molar refractivity (Wildman–Crippen MR) is 496 cm³/mol. The van der Waals surface area contributed by atoms with Crippen LogP contribution in [0, 0.1) is 88.7 Å². The lowest BCUT2D eigenvalue weighted by Gasteiger charge is -2.35. The summed E-state index contributed by atoms with van der Waals surface area (Å²) in [5.41, 5.74) is 4.51. The van der Waals surface area contributed by atoms with Crippen LogP contribution in [0.4, 0.5) is 48.4 Å². The molecule has 0 spiro atoms. The Morgan fingerprint density at radius 1 is 0.479 bits per heavy atom. The Morgan fingerprint density at radius 3 is 1.41 bits per heavy atom. The van der Waals surface area contributed by atoms with Gasteiger partial charge in [-0.2, -0.15) is 0 Å². The second kappa shape index (κ2) is 48.2. The molecule has 1 unspecified atom stereocenters. The average molecular weight is 1750 g/mol. The number of aromatic hydroxyl groups is 1. The number of methoxy groups -OCH3 is 1. The van der Waals surface area contributed by atoms with Gasteiger partial charge >= 0.3 is 6.09 Å². The summed E-state index contributed by atoms with van der Waals surface area (Å²) >= 11 is 5.05. The van der Waals surface area contributed by atoms with E-state index in [9.17, 15) is 18.7 Å². The summed E-state index contributed by atoms with van der Waals surface area (Å²) in [5, 5.41) is 20.3. The summed E-state index contributed by atoms with van der Waals surface area (Å²) in [6, 6.07) is 20.3. The van der Waals surface area contributed by atoms with E-state index in [1.165, 1.54) is 100 Å². The fourth-order valence-corrected chi connectivity index (χ4v) is 18.7. The van der Waals surface area contributed by atoms with Gasteiger partial charge in [-0.05, 0) is 237 Å². The van der Waals surface area contributed by atoms with Gasteiger partial charge in [0.25, 0.3) is 0 Å². The number of benzene rings is 2. The molecule has 1 N–H and O–H groups in total. The minimum absolute atomic E-state index is 0.0921. The number of halogens is 3. The maximum Gasteiger partial charge on any atom is 0.409 e. The molecule has 13 heterocycles. The molecule has 16 rings (SSSR count). The van der Waals surface area contributed by atoms with Crippen molar-refractivity contribution in [2.24, 2.45) is 82.9 Å². The number of amides is 1. The number of aromatic nitrogens is 10. The maximum absolute atomic E-state index is 13.6. The molecule has 1 aliphatic carbocycles. The van der Waals surface area contributed by atoms with Gasteiger partial charge < -0.3 is 48.9 Å². The molecule has 662 valence electrons. The van der Waals surface area contributed by atoms with Crippen molar-refractivity contribution in [3.05, 3.63) is 132 Å². The molecule has 6 aromatic heterocycles. The highest BCUT2D eigenvalue weighted by Gasteiger charge is 2.33. The summed E-state index contributed by atoms with van der Waals surface area (Å²) in [6.07, 6.45) is 31.0. The number of alkyl halides is 1. The van der Waals surface area contributed by atoms with E-state index < -0.39 is 6.67 Å². The second-order valence-corrected chi connectivity index (χ2v) is 38.5. The number of nitrogens with zero attached hydrogens (tertiary/aromatic N) is 17. The zero-order valence-electron chi connectivity index (χ0n) is 75.4. The van der Waals surface area contributed by atoms with Crippen molar-refractivity contribution in [3.8, 4) is 22.9 Å². The van der Waals surface area contributed by atoms with E-state index >= 15 is 0 Å². The van der Waals surface area contributed by atoms with Crippen molar-refractivity contribution < 1.29 is 28.2 Å². The van der Waals surface area contributed by atoms with Crippen molar-refractivity contribution in [2.75, 3.05) is 141 Å². The normalized spacial score (nSPS) is 18.6. The number of likely N-dealkylation sites (tertiary alicyclic amines) is 1. The van der Waals surface area contributed by atoms with Crippen molar-refractivity contribution in [1.29, 1.82) is 0 Å². The third kappa shape index (κ3) is 28.9. The van der Waals surface area contributed by atoms with E-state index in [1.54, 1.807) is 60.3 Å². The van der Waals surface area contributed by atoms with Gasteiger partial charge in [-0.25, -0.2) is 43.5 Å². The fraction of sp³-hybridized carbons (Fsp3) is 0.635. The van der Waals surface area contributed by atoms with Crippen LogP contribution in [0.5, 0.6) is 11.6 Å². The van der Waals surface area contributed by atoms with Crippen molar-refractivity contribution in [1.82, 2.24) is 55.0 Å². The molecule has 8 aliphatic rings. The molecule has 7 saturated heterocycles. The quantitative estimate of drug-likeness (QED) is 0.0847. The van der Waals surface area contributed by atoms with Gasteiger partial charge in [0, 0.05) is 115 Å². The van der Waals surface area contributed by atoms with Gasteiger partial charge in [0.05, 0.1) is 65.4 Å². The van der Waals surface area contributed by atoms with Crippen LogP contribution in [0.3, 0.4) is 0 Å². The number of phenolic OH excluding ortho intramolecular Hbond substituents is 1.